The van der Waals surface area contributed by atoms with Gasteiger partial charge in [0.05, 0.1) is 32.7 Å². The van der Waals surface area contributed by atoms with Crippen molar-refractivity contribution in [3.8, 4) is 0 Å². The molecule has 2 heterocycles. The van der Waals surface area contributed by atoms with Crippen LogP contribution in [-0.4, -0.2) is 55.0 Å². The van der Waals surface area contributed by atoms with Gasteiger partial charge in [0.15, 0.2) is 0 Å². The summed E-state index contributed by atoms with van der Waals surface area (Å²) in [6, 6.07) is 8.41. The number of aromatic nitrogens is 2. The maximum atomic E-state index is 12.1. The molecule has 2 N–H and O–H groups in total. The van der Waals surface area contributed by atoms with E-state index in [1.54, 1.807) is 4.90 Å². The molecule has 0 radical (unpaired) electrons. The first-order valence-electron chi connectivity index (χ1n) is 9.29. The zero-order chi connectivity index (χ0) is 18.4. The predicted molar refractivity (Wildman–Crippen MR) is 105 cm³/mol. The van der Waals surface area contributed by atoms with Crippen LogP contribution in [0, 0.1) is 6.92 Å². The number of amides is 1. The van der Waals surface area contributed by atoms with Crippen LogP contribution in [0.2, 0.25) is 0 Å². The molecule has 0 unspecified atom stereocenters. The number of hydrogen-bond acceptors (Lipinski definition) is 5. The summed E-state index contributed by atoms with van der Waals surface area (Å²) in [5.41, 5.74) is 2.45. The molecule has 0 saturated carbocycles. The van der Waals surface area contributed by atoms with Gasteiger partial charge in [-0.3, -0.25) is 4.79 Å². The van der Waals surface area contributed by atoms with E-state index in [2.05, 4.69) is 45.9 Å². The summed E-state index contributed by atoms with van der Waals surface area (Å²) in [7, 11) is 1.89. The van der Waals surface area contributed by atoms with Crippen LogP contribution < -0.4 is 15.1 Å². The first-order valence-corrected chi connectivity index (χ1v) is 10.1. The predicted octanol–water partition coefficient (Wildman–Crippen LogP) is 0.668. The number of aryl methyl sites for hydroxylation is 1. The summed E-state index contributed by atoms with van der Waals surface area (Å²) in [6.07, 6.45) is 3.34. The SMILES string of the molecule is Cc1ccc(Cc2nsc(N(C)CC(=O)NCC[NH+]3CCCC3)n2)cc1. The van der Waals surface area contributed by atoms with E-state index in [0.717, 1.165) is 30.5 Å². The molecule has 1 amide bonds. The second-order valence-electron chi connectivity index (χ2n) is 7.07. The lowest BCUT2D eigenvalue weighted by Crippen LogP contribution is -3.10. The van der Waals surface area contributed by atoms with Gasteiger partial charge in [0.25, 0.3) is 0 Å². The van der Waals surface area contributed by atoms with Gasteiger partial charge in [0.1, 0.15) is 5.82 Å². The largest absolute Gasteiger partial charge is 0.349 e. The van der Waals surface area contributed by atoms with Gasteiger partial charge in [-0.15, -0.1) is 0 Å². The number of quaternary nitrogens is 1. The number of carbonyl (C=O) groups excluding carboxylic acids is 1. The normalized spacial score (nSPS) is 14.5. The minimum absolute atomic E-state index is 0.0429. The molecular weight excluding hydrogens is 346 g/mol. The van der Waals surface area contributed by atoms with Crippen molar-refractivity contribution in [3.05, 3.63) is 41.2 Å². The van der Waals surface area contributed by atoms with Crippen molar-refractivity contribution in [2.75, 3.05) is 44.7 Å². The first kappa shape index (κ1) is 18.8. The van der Waals surface area contributed by atoms with E-state index in [-0.39, 0.29) is 5.91 Å². The fourth-order valence-electron chi connectivity index (χ4n) is 3.20. The Balaban J connectivity index is 1.43. The molecule has 6 nitrogen and oxygen atoms in total. The molecule has 1 saturated heterocycles. The Bertz CT molecular complexity index is 709. The van der Waals surface area contributed by atoms with Gasteiger partial charge in [-0.2, -0.15) is 4.37 Å². The maximum Gasteiger partial charge on any atom is 0.239 e. The molecule has 0 spiro atoms. The van der Waals surface area contributed by atoms with Gasteiger partial charge < -0.3 is 15.1 Å². The van der Waals surface area contributed by atoms with Gasteiger partial charge in [0.2, 0.25) is 11.0 Å². The summed E-state index contributed by atoms with van der Waals surface area (Å²) >= 11 is 1.35. The lowest BCUT2D eigenvalue weighted by Gasteiger charge is -2.16. The standard InChI is InChI=1S/C19H27N5OS/c1-15-5-7-16(8-6-15)13-17-21-19(26-22-17)23(2)14-18(25)20-9-12-24-10-3-4-11-24/h5-8H,3-4,9-14H2,1-2H3,(H,20,25)/p+1. The van der Waals surface area contributed by atoms with Gasteiger partial charge >= 0.3 is 0 Å². The summed E-state index contributed by atoms with van der Waals surface area (Å²) in [5, 5.41) is 3.80. The number of carbonyl (C=O) groups is 1. The highest BCUT2D eigenvalue weighted by atomic mass is 32.1. The third kappa shape index (κ3) is 5.51. The molecular formula is C19H28N5OS+. The molecule has 26 heavy (non-hydrogen) atoms. The average molecular weight is 375 g/mol. The quantitative estimate of drug-likeness (QED) is 0.713. The van der Waals surface area contributed by atoms with Crippen molar-refractivity contribution < 1.29 is 9.69 Å². The number of benzene rings is 1. The molecule has 1 fully saturated rings. The highest BCUT2D eigenvalue weighted by Gasteiger charge is 2.16. The Morgan fingerprint density at radius 2 is 2.00 bits per heavy atom. The highest BCUT2D eigenvalue weighted by Crippen LogP contribution is 2.17. The third-order valence-electron chi connectivity index (χ3n) is 4.76. The molecule has 0 aliphatic carbocycles. The van der Waals surface area contributed by atoms with E-state index in [1.807, 2.05) is 11.9 Å². The summed E-state index contributed by atoms with van der Waals surface area (Å²) in [5.74, 6) is 0.847. The number of likely N-dealkylation sites (N-methyl/N-ethyl adjacent to an activating group) is 1. The molecule has 0 atom stereocenters. The Hall–Kier alpha value is -1.99. The van der Waals surface area contributed by atoms with Gasteiger partial charge in [0, 0.05) is 37.8 Å². The molecule has 0 bridgehead atoms. The number of anilines is 1. The Morgan fingerprint density at radius 3 is 2.73 bits per heavy atom. The molecule has 1 aliphatic heterocycles. The van der Waals surface area contributed by atoms with Crippen molar-refractivity contribution in [3.63, 3.8) is 0 Å². The Labute approximate surface area is 159 Å². The molecule has 2 aromatic rings. The van der Waals surface area contributed by atoms with Crippen LogP contribution in [0.5, 0.6) is 0 Å². The van der Waals surface area contributed by atoms with Gasteiger partial charge in [-0.1, -0.05) is 29.8 Å². The van der Waals surface area contributed by atoms with Crippen LogP contribution in [0.3, 0.4) is 0 Å². The third-order valence-corrected chi connectivity index (χ3v) is 5.63. The molecule has 7 heteroatoms. The van der Waals surface area contributed by atoms with Crippen LogP contribution in [0.25, 0.3) is 0 Å². The van der Waals surface area contributed by atoms with Crippen molar-refractivity contribution in [1.82, 2.24) is 14.7 Å². The van der Waals surface area contributed by atoms with Crippen LogP contribution in [-0.2, 0) is 11.2 Å². The topological polar surface area (TPSA) is 62.6 Å². The fourth-order valence-corrected chi connectivity index (χ4v) is 3.85. The minimum atomic E-state index is 0.0429. The maximum absolute atomic E-state index is 12.1. The van der Waals surface area contributed by atoms with Gasteiger partial charge in [-0.25, -0.2) is 4.98 Å². The molecule has 1 aromatic carbocycles. The number of hydrogen-bond donors (Lipinski definition) is 2. The zero-order valence-electron chi connectivity index (χ0n) is 15.6. The van der Waals surface area contributed by atoms with E-state index in [0.29, 0.717) is 6.54 Å². The Kier molecular flexibility index (Phi) is 6.57. The number of rotatable bonds is 8. The molecule has 140 valence electrons. The molecule has 1 aromatic heterocycles. The lowest BCUT2D eigenvalue weighted by molar-refractivity contribution is -0.886. The van der Waals surface area contributed by atoms with Gasteiger partial charge in [-0.05, 0) is 12.5 Å². The monoisotopic (exact) mass is 374 g/mol. The van der Waals surface area contributed by atoms with E-state index >= 15 is 0 Å². The first-order chi connectivity index (χ1) is 12.6. The number of nitrogens with one attached hydrogen (secondary N) is 2. The fraction of sp³-hybridized carbons (Fsp3) is 0.526. The Morgan fingerprint density at radius 1 is 1.27 bits per heavy atom. The lowest BCUT2D eigenvalue weighted by atomic mass is 10.1. The van der Waals surface area contributed by atoms with Crippen LogP contribution >= 0.6 is 11.5 Å². The number of likely N-dealkylation sites (tertiary alicyclic amines) is 1. The van der Waals surface area contributed by atoms with E-state index in [4.69, 9.17) is 0 Å². The van der Waals surface area contributed by atoms with E-state index in [1.165, 1.54) is 48.6 Å². The van der Waals surface area contributed by atoms with E-state index < -0.39 is 0 Å². The highest BCUT2D eigenvalue weighted by molar-refractivity contribution is 7.09. The second kappa shape index (κ2) is 9.09. The van der Waals surface area contributed by atoms with Crippen molar-refractivity contribution in [2.24, 2.45) is 0 Å². The summed E-state index contributed by atoms with van der Waals surface area (Å²) < 4.78 is 4.43. The van der Waals surface area contributed by atoms with Crippen molar-refractivity contribution in [1.29, 1.82) is 0 Å². The van der Waals surface area contributed by atoms with Crippen LogP contribution in [0.1, 0.15) is 29.8 Å². The van der Waals surface area contributed by atoms with Crippen molar-refractivity contribution in [2.45, 2.75) is 26.2 Å². The molecule has 1 aliphatic rings. The number of nitrogens with zero attached hydrogens (tertiary/aromatic N) is 3. The average Bonchev–Trinajstić information content (AvgIpc) is 3.29. The summed E-state index contributed by atoms with van der Waals surface area (Å²) in [4.78, 5) is 20.2. The van der Waals surface area contributed by atoms with Crippen LogP contribution in [0.15, 0.2) is 24.3 Å². The zero-order valence-corrected chi connectivity index (χ0v) is 16.4. The van der Waals surface area contributed by atoms with E-state index in [9.17, 15) is 4.79 Å². The minimum Gasteiger partial charge on any atom is -0.349 e. The second-order valence-corrected chi connectivity index (χ2v) is 7.80. The van der Waals surface area contributed by atoms with Crippen molar-refractivity contribution >= 4 is 22.6 Å². The van der Waals surface area contributed by atoms with Crippen LogP contribution in [0.4, 0.5) is 5.13 Å². The summed E-state index contributed by atoms with van der Waals surface area (Å²) in [6.45, 7) is 6.64. The molecule has 3 rings (SSSR count). The smallest absolute Gasteiger partial charge is 0.239 e.